The largest absolute Gasteiger partial charge is 0.480 e. The van der Waals surface area contributed by atoms with Crippen molar-refractivity contribution in [2.45, 2.75) is 32.2 Å². The Bertz CT molecular complexity index is 521. The fourth-order valence-corrected chi connectivity index (χ4v) is 2.76. The summed E-state index contributed by atoms with van der Waals surface area (Å²) in [5.41, 5.74) is 0.260. The van der Waals surface area contributed by atoms with Crippen molar-refractivity contribution in [3.8, 4) is 0 Å². The first kappa shape index (κ1) is 14.8. The van der Waals surface area contributed by atoms with Gasteiger partial charge in [0.2, 0.25) is 0 Å². The Kier molecular flexibility index (Phi) is 4.60. The van der Waals surface area contributed by atoms with Gasteiger partial charge in [0, 0.05) is 18.9 Å². The van der Waals surface area contributed by atoms with Crippen LogP contribution in [0.1, 0.15) is 36.5 Å². The molecule has 1 amide bonds. The zero-order valence-electron chi connectivity index (χ0n) is 11.3. The summed E-state index contributed by atoms with van der Waals surface area (Å²) in [4.78, 5) is 29.2. The molecule has 108 valence electrons. The number of carboxylic acids is 1. The number of rotatable bonds is 3. The zero-order chi connectivity index (χ0) is 14.7. The Morgan fingerprint density at radius 1 is 1.55 bits per heavy atom. The normalized spacial score (nSPS) is 22.6. The van der Waals surface area contributed by atoms with E-state index >= 15 is 0 Å². The standard InChI is InChI=1S/C14H17ClN2O3/c1-2-9-4-6-17(12(7-9)14(19)20)13(18)10-8-16-5-3-11(10)15/h3,5,8-9,12H,2,4,6-7H2,1H3,(H,19,20). The van der Waals surface area contributed by atoms with Gasteiger partial charge in [0.25, 0.3) is 5.91 Å². The number of nitrogens with zero attached hydrogens (tertiary/aromatic N) is 2. The van der Waals surface area contributed by atoms with Crippen molar-refractivity contribution in [3.63, 3.8) is 0 Å². The number of carboxylic acid groups (broad SMARTS) is 1. The molecule has 0 saturated carbocycles. The Labute approximate surface area is 122 Å². The van der Waals surface area contributed by atoms with Crippen molar-refractivity contribution < 1.29 is 14.7 Å². The molecule has 1 aromatic heterocycles. The summed E-state index contributed by atoms with van der Waals surface area (Å²) in [5.74, 6) is -0.967. The van der Waals surface area contributed by atoms with Gasteiger partial charge in [-0.15, -0.1) is 0 Å². The fourth-order valence-electron chi connectivity index (χ4n) is 2.58. The molecular weight excluding hydrogens is 280 g/mol. The van der Waals surface area contributed by atoms with Gasteiger partial charge in [0.15, 0.2) is 0 Å². The van der Waals surface area contributed by atoms with E-state index in [4.69, 9.17) is 11.6 Å². The van der Waals surface area contributed by atoms with Gasteiger partial charge in [0.1, 0.15) is 6.04 Å². The fraction of sp³-hybridized carbons (Fsp3) is 0.500. The van der Waals surface area contributed by atoms with Gasteiger partial charge in [-0.25, -0.2) is 4.79 Å². The van der Waals surface area contributed by atoms with E-state index in [-0.39, 0.29) is 11.5 Å². The summed E-state index contributed by atoms with van der Waals surface area (Å²) < 4.78 is 0. The Morgan fingerprint density at radius 3 is 2.90 bits per heavy atom. The van der Waals surface area contributed by atoms with E-state index in [1.165, 1.54) is 23.4 Å². The number of aliphatic carboxylic acids is 1. The van der Waals surface area contributed by atoms with Crippen LogP contribution in [0.15, 0.2) is 18.5 Å². The highest BCUT2D eigenvalue weighted by Crippen LogP contribution is 2.28. The van der Waals surface area contributed by atoms with Crippen LogP contribution in [0.4, 0.5) is 0 Å². The summed E-state index contributed by atoms with van der Waals surface area (Å²) in [6.45, 7) is 2.48. The predicted octanol–water partition coefficient (Wildman–Crippen LogP) is 2.45. The van der Waals surface area contributed by atoms with Crippen LogP contribution in [0.3, 0.4) is 0 Å². The molecule has 1 saturated heterocycles. The Hall–Kier alpha value is -1.62. The Balaban J connectivity index is 2.24. The van der Waals surface area contributed by atoms with Crippen molar-refractivity contribution in [2.24, 2.45) is 5.92 Å². The molecule has 1 aliphatic rings. The van der Waals surface area contributed by atoms with Gasteiger partial charge >= 0.3 is 5.97 Å². The van der Waals surface area contributed by atoms with Crippen molar-refractivity contribution in [1.29, 1.82) is 0 Å². The van der Waals surface area contributed by atoms with Crippen LogP contribution in [-0.4, -0.2) is 39.5 Å². The quantitative estimate of drug-likeness (QED) is 0.930. The maximum Gasteiger partial charge on any atom is 0.326 e. The van der Waals surface area contributed by atoms with Crippen LogP contribution in [0.25, 0.3) is 0 Å². The molecule has 0 spiro atoms. The summed E-state index contributed by atoms with van der Waals surface area (Å²) in [6.07, 6.45) is 5.13. The molecule has 2 unspecified atom stereocenters. The van der Waals surface area contributed by atoms with E-state index in [0.717, 1.165) is 12.8 Å². The lowest BCUT2D eigenvalue weighted by Crippen LogP contribution is -2.50. The van der Waals surface area contributed by atoms with Gasteiger partial charge in [-0.2, -0.15) is 0 Å². The average Bonchev–Trinajstić information content (AvgIpc) is 2.46. The van der Waals surface area contributed by atoms with Crippen LogP contribution in [0.2, 0.25) is 5.02 Å². The first-order valence-corrected chi connectivity index (χ1v) is 7.05. The van der Waals surface area contributed by atoms with E-state index in [2.05, 4.69) is 4.98 Å². The van der Waals surface area contributed by atoms with E-state index in [9.17, 15) is 14.7 Å². The summed E-state index contributed by atoms with van der Waals surface area (Å²) >= 11 is 5.99. The van der Waals surface area contributed by atoms with Crippen LogP contribution in [-0.2, 0) is 4.79 Å². The number of piperidine rings is 1. The topological polar surface area (TPSA) is 70.5 Å². The maximum absolute atomic E-state index is 12.5. The number of carbonyl (C=O) groups is 2. The summed E-state index contributed by atoms with van der Waals surface area (Å²) in [5, 5.41) is 9.64. The highest BCUT2D eigenvalue weighted by Gasteiger charge is 2.36. The second kappa shape index (κ2) is 6.22. The monoisotopic (exact) mass is 296 g/mol. The maximum atomic E-state index is 12.5. The lowest BCUT2D eigenvalue weighted by molar-refractivity contribution is -0.144. The second-order valence-electron chi connectivity index (χ2n) is 5.01. The van der Waals surface area contributed by atoms with Crippen LogP contribution >= 0.6 is 11.6 Å². The molecule has 1 aliphatic heterocycles. The molecule has 1 aromatic rings. The first-order chi connectivity index (χ1) is 9.54. The number of halogens is 1. The smallest absolute Gasteiger partial charge is 0.326 e. The van der Waals surface area contributed by atoms with Gasteiger partial charge in [-0.05, 0) is 24.8 Å². The number of pyridine rings is 1. The molecule has 0 aliphatic carbocycles. The van der Waals surface area contributed by atoms with Crippen LogP contribution in [0.5, 0.6) is 0 Å². The van der Waals surface area contributed by atoms with Gasteiger partial charge in [-0.1, -0.05) is 24.9 Å². The molecule has 2 atom stereocenters. The molecule has 1 N–H and O–H groups in total. The molecule has 6 heteroatoms. The summed E-state index contributed by atoms with van der Waals surface area (Å²) in [7, 11) is 0. The molecular formula is C14H17ClN2O3. The lowest BCUT2D eigenvalue weighted by Gasteiger charge is -2.37. The van der Waals surface area contributed by atoms with Crippen molar-refractivity contribution >= 4 is 23.5 Å². The number of amides is 1. The third-order valence-electron chi connectivity index (χ3n) is 3.83. The third-order valence-corrected chi connectivity index (χ3v) is 4.16. The van der Waals surface area contributed by atoms with Gasteiger partial charge in [0.05, 0.1) is 10.6 Å². The predicted molar refractivity (Wildman–Crippen MR) is 74.7 cm³/mol. The van der Waals surface area contributed by atoms with Crippen LogP contribution in [0, 0.1) is 5.92 Å². The minimum absolute atomic E-state index is 0.260. The average molecular weight is 297 g/mol. The molecule has 0 bridgehead atoms. The lowest BCUT2D eigenvalue weighted by atomic mass is 9.88. The first-order valence-electron chi connectivity index (χ1n) is 6.67. The number of hydrogen-bond acceptors (Lipinski definition) is 3. The van der Waals surface area contributed by atoms with E-state index in [1.54, 1.807) is 0 Å². The molecule has 0 aromatic carbocycles. The van der Waals surface area contributed by atoms with Crippen molar-refractivity contribution in [2.75, 3.05) is 6.54 Å². The Morgan fingerprint density at radius 2 is 2.30 bits per heavy atom. The molecule has 0 radical (unpaired) electrons. The zero-order valence-corrected chi connectivity index (χ0v) is 12.0. The minimum atomic E-state index is -0.962. The van der Waals surface area contributed by atoms with Crippen LogP contribution < -0.4 is 0 Å². The summed E-state index contributed by atoms with van der Waals surface area (Å²) in [6, 6.07) is 0.751. The third kappa shape index (κ3) is 2.93. The number of hydrogen-bond donors (Lipinski definition) is 1. The minimum Gasteiger partial charge on any atom is -0.480 e. The van der Waals surface area contributed by atoms with E-state index < -0.39 is 12.0 Å². The van der Waals surface area contributed by atoms with Crippen molar-refractivity contribution in [3.05, 3.63) is 29.0 Å². The second-order valence-corrected chi connectivity index (χ2v) is 5.41. The number of likely N-dealkylation sites (tertiary alicyclic amines) is 1. The van der Waals surface area contributed by atoms with Gasteiger partial charge in [-0.3, -0.25) is 9.78 Å². The number of aromatic nitrogens is 1. The molecule has 5 nitrogen and oxygen atoms in total. The van der Waals surface area contributed by atoms with E-state index in [0.29, 0.717) is 23.9 Å². The van der Waals surface area contributed by atoms with E-state index in [1.807, 2.05) is 6.92 Å². The highest BCUT2D eigenvalue weighted by atomic mass is 35.5. The SMILES string of the molecule is CCC1CCN(C(=O)c2cnccc2Cl)C(C(=O)O)C1. The number of carbonyl (C=O) groups excluding carboxylic acids is 1. The molecule has 20 heavy (non-hydrogen) atoms. The highest BCUT2D eigenvalue weighted by molar-refractivity contribution is 6.33. The van der Waals surface area contributed by atoms with Crippen molar-refractivity contribution in [1.82, 2.24) is 9.88 Å². The molecule has 2 heterocycles. The molecule has 1 fully saturated rings. The van der Waals surface area contributed by atoms with Gasteiger partial charge < -0.3 is 10.0 Å². The molecule has 2 rings (SSSR count).